The first-order valence-corrected chi connectivity index (χ1v) is 14.7. The van der Waals surface area contributed by atoms with Crippen molar-refractivity contribution in [1.82, 2.24) is 14.9 Å². The van der Waals surface area contributed by atoms with Crippen LogP contribution >= 0.6 is 11.6 Å². The van der Waals surface area contributed by atoms with Gasteiger partial charge in [-0.2, -0.15) is 17.5 Å². The van der Waals surface area contributed by atoms with Crippen molar-refractivity contribution in [3.8, 4) is 0 Å². The highest BCUT2D eigenvalue weighted by Crippen LogP contribution is 2.73. The zero-order chi connectivity index (χ0) is 29.6. The number of carbonyl (C=O) groups is 1. The minimum Gasteiger partial charge on any atom is -0.376 e. The largest absolute Gasteiger partial charge is 0.390 e. The quantitative estimate of drug-likeness (QED) is 0.328. The van der Waals surface area contributed by atoms with Gasteiger partial charge in [0.15, 0.2) is 0 Å². The molecule has 3 aliphatic rings. The Morgan fingerprint density at radius 2 is 1.75 bits per heavy atom. The van der Waals surface area contributed by atoms with Crippen molar-refractivity contribution in [2.24, 2.45) is 11.1 Å². The molecule has 1 amide bonds. The van der Waals surface area contributed by atoms with E-state index >= 15 is 0 Å². The molecule has 40 heavy (non-hydrogen) atoms. The standard InChI is InChI=1S/C28H34ClF3N4O3S/c1-19(35-23(25(2,3)33)24(37)34-13-12-28(30,31)32)26-16-27(17-26,18-26)36(15-20-8-7-9-21(29)14-20)40(38,39)22-10-5-4-6-11-22/h4-11,14,23,35H,1,12-13,15-18,33H2,2-3H3,(H,34,37)/t23-,26?,27?/m0/s1. The number of sulfonamides is 1. The summed E-state index contributed by atoms with van der Waals surface area (Å²) >= 11 is 6.17. The van der Waals surface area contributed by atoms with E-state index in [-0.39, 0.29) is 11.4 Å². The van der Waals surface area contributed by atoms with E-state index in [1.165, 1.54) is 4.31 Å². The molecule has 0 radical (unpaired) electrons. The number of carbonyl (C=O) groups excluding carboxylic acids is 1. The SMILES string of the molecule is C=C(N[C@@H](C(=O)NCCC(F)(F)F)C(C)(C)N)C12CC(N(Cc3cccc(Cl)c3)S(=O)(=O)c3ccccc3)(C1)C2. The molecular formula is C28H34ClF3N4O3S. The van der Waals surface area contributed by atoms with Gasteiger partial charge in [0.2, 0.25) is 15.9 Å². The maximum Gasteiger partial charge on any atom is 0.390 e. The molecule has 3 aliphatic carbocycles. The number of halogens is 4. The van der Waals surface area contributed by atoms with Gasteiger partial charge in [0.1, 0.15) is 6.04 Å². The molecule has 2 aromatic carbocycles. The van der Waals surface area contributed by atoms with E-state index in [0.29, 0.717) is 30.0 Å². The third-order valence-corrected chi connectivity index (χ3v) is 9.95. The van der Waals surface area contributed by atoms with E-state index in [9.17, 15) is 26.4 Å². The van der Waals surface area contributed by atoms with Crippen molar-refractivity contribution in [2.75, 3.05) is 6.54 Å². The first-order chi connectivity index (χ1) is 18.5. The fourth-order valence-corrected chi connectivity index (χ4v) is 7.68. The van der Waals surface area contributed by atoms with Crippen LogP contribution < -0.4 is 16.4 Å². The second kappa shape index (κ2) is 10.7. The maximum atomic E-state index is 13.8. The maximum absolute atomic E-state index is 13.8. The lowest BCUT2D eigenvalue weighted by Gasteiger charge is -2.73. The normalized spacial score (nSPS) is 23.1. The molecule has 4 N–H and O–H groups in total. The second-order valence-corrected chi connectivity index (χ2v) is 13.8. The number of amides is 1. The highest BCUT2D eigenvalue weighted by Gasteiger charge is 2.73. The van der Waals surface area contributed by atoms with Gasteiger partial charge in [-0.25, -0.2) is 8.42 Å². The van der Waals surface area contributed by atoms with Crippen LogP contribution in [-0.2, 0) is 21.4 Å². The molecule has 1 atom stereocenters. The van der Waals surface area contributed by atoms with Gasteiger partial charge >= 0.3 is 6.18 Å². The minimum atomic E-state index is -4.39. The van der Waals surface area contributed by atoms with E-state index in [1.807, 2.05) is 6.07 Å². The van der Waals surface area contributed by atoms with Gasteiger partial charge in [-0.1, -0.05) is 48.5 Å². The summed E-state index contributed by atoms with van der Waals surface area (Å²) in [7, 11) is -3.86. The number of nitrogens with zero attached hydrogens (tertiary/aromatic N) is 1. The molecule has 0 aromatic heterocycles. The van der Waals surface area contributed by atoms with Gasteiger partial charge in [0, 0.05) is 40.3 Å². The van der Waals surface area contributed by atoms with Crippen LogP contribution in [0.1, 0.15) is 45.1 Å². The summed E-state index contributed by atoms with van der Waals surface area (Å²) < 4.78 is 66.9. The van der Waals surface area contributed by atoms with E-state index in [4.69, 9.17) is 17.3 Å². The number of nitrogens with two attached hydrogens (primary N) is 1. The van der Waals surface area contributed by atoms with Gasteiger partial charge in [-0.05, 0) is 62.9 Å². The lowest BCUT2D eigenvalue weighted by molar-refractivity contribution is -0.174. The first kappa shape index (κ1) is 30.4. The number of allylic oxidation sites excluding steroid dienone is 1. The van der Waals surface area contributed by atoms with E-state index < -0.39 is 57.6 Å². The molecule has 0 saturated heterocycles. The molecule has 12 heteroatoms. The van der Waals surface area contributed by atoms with Gasteiger partial charge in [0.25, 0.3) is 0 Å². The lowest BCUT2D eigenvalue weighted by Crippen LogP contribution is -2.77. The summed E-state index contributed by atoms with van der Waals surface area (Å²) in [5, 5.41) is 5.88. The molecule has 218 valence electrons. The molecule has 0 unspecified atom stereocenters. The van der Waals surface area contributed by atoms with Gasteiger partial charge in [0.05, 0.1) is 11.3 Å². The third kappa shape index (κ3) is 6.17. The Hall–Kier alpha value is -2.60. The van der Waals surface area contributed by atoms with Crippen LogP contribution in [0.15, 0.2) is 71.8 Å². The molecule has 0 heterocycles. The summed E-state index contributed by atoms with van der Waals surface area (Å²) in [5.74, 6) is -0.659. The molecule has 0 aliphatic heterocycles. The summed E-state index contributed by atoms with van der Waals surface area (Å²) in [6.45, 7) is 6.91. The number of hydrogen-bond acceptors (Lipinski definition) is 5. The van der Waals surface area contributed by atoms with Crippen molar-refractivity contribution in [1.29, 1.82) is 0 Å². The predicted molar refractivity (Wildman–Crippen MR) is 148 cm³/mol. The number of alkyl halides is 3. The zero-order valence-corrected chi connectivity index (χ0v) is 24.0. The Kier molecular flexibility index (Phi) is 8.09. The van der Waals surface area contributed by atoms with Crippen LogP contribution in [0.4, 0.5) is 13.2 Å². The highest BCUT2D eigenvalue weighted by atomic mass is 35.5. The van der Waals surface area contributed by atoms with Gasteiger partial charge < -0.3 is 16.4 Å². The Bertz CT molecular complexity index is 1360. The van der Waals surface area contributed by atoms with Crippen molar-refractivity contribution < 1.29 is 26.4 Å². The number of rotatable bonds is 12. The fraction of sp³-hybridized carbons (Fsp3) is 0.464. The molecule has 3 saturated carbocycles. The summed E-state index contributed by atoms with van der Waals surface area (Å²) in [6, 6.07) is 14.3. The molecule has 5 rings (SSSR count). The van der Waals surface area contributed by atoms with Crippen LogP contribution in [0.5, 0.6) is 0 Å². The lowest BCUT2D eigenvalue weighted by atomic mass is 9.38. The topological polar surface area (TPSA) is 105 Å². The highest BCUT2D eigenvalue weighted by molar-refractivity contribution is 7.89. The predicted octanol–water partition coefficient (Wildman–Crippen LogP) is 4.73. The van der Waals surface area contributed by atoms with E-state index in [2.05, 4.69) is 17.2 Å². The molecule has 3 fully saturated rings. The Labute approximate surface area is 238 Å². The van der Waals surface area contributed by atoms with Crippen LogP contribution in [0, 0.1) is 5.41 Å². The van der Waals surface area contributed by atoms with Crippen LogP contribution in [-0.4, -0.2) is 48.5 Å². The fourth-order valence-electron chi connectivity index (χ4n) is 5.69. The van der Waals surface area contributed by atoms with Crippen molar-refractivity contribution in [3.05, 3.63) is 77.5 Å². The van der Waals surface area contributed by atoms with Crippen molar-refractivity contribution >= 4 is 27.5 Å². The number of benzene rings is 2. The monoisotopic (exact) mass is 598 g/mol. The molecular weight excluding hydrogens is 565 g/mol. The smallest absolute Gasteiger partial charge is 0.376 e. The first-order valence-electron chi connectivity index (χ1n) is 12.9. The minimum absolute atomic E-state index is 0.133. The summed E-state index contributed by atoms with van der Waals surface area (Å²) in [4.78, 5) is 13.0. The van der Waals surface area contributed by atoms with Crippen molar-refractivity contribution in [2.45, 2.75) is 74.3 Å². The number of nitrogens with one attached hydrogen (secondary N) is 2. The average molecular weight is 599 g/mol. The Balaban J connectivity index is 1.51. The molecule has 2 bridgehead atoms. The van der Waals surface area contributed by atoms with E-state index in [1.54, 1.807) is 62.4 Å². The second-order valence-electron chi connectivity index (χ2n) is 11.5. The zero-order valence-electron chi connectivity index (χ0n) is 22.4. The van der Waals surface area contributed by atoms with Gasteiger partial charge in [-0.15, -0.1) is 0 Å². The Morgan fingerprint density at radius 1 is 1.12 bits per heavy atom. The van der Waals surface area contributed by atoms with Crippen LogP contribution in [0.2, 0.25) is 5.02 Å². The van der Waals surface area contributed by atoms with Crippen molar-refractivity contribution in [3.63, 3.8) is 0 Å². The van der Waals surface area contributed by atoms with Crippen LogP contribution in [0.25, 0.3) is 0 Å². The van der Waals surface area contributed by atoms with E-state index in [0.717, 1.165) is 5.56 Å². The molecule has 0 spiro atoms. The van der Waals surface area contributed by atoms with Crippen LogP contribution in [0.3, 0.4) is 0 Å². The summed E-state index contributed by atoms with van der Waals surface area (Å²) in [6.07, 6.45) is -4.11. The third-order valence-electron chi connectivity index (χ3n) is 7.75. The molecule has 7 nitrogen and oxygen atoms in total. The summed E-state index contributed by atoms with van der Waals surface area (Å²) in [5.41, 5.74) is 5.26. The average Bonchev–Trinajstić information content (AvgIpc) is 2.79. The van der Waals surface area contributed by atoms with Gasteiger partial charge in [-0.3, -0.25) is 4.79 Å². The number of hydrogen-bond donors (Lipinski definition) is 3. The molecule has 2 aromatic rings. The Morgan fingerprint density at radius 3 is 2.30 bits per heavy atom.